The molecule has 2 aliphatic heterocycles. The number of amides is 3. The van der Waals surface area contributed by atoms with Crippen LogP contribution in [0.5, 0.6) is 0 Å². The van der Waals surface area contributed by atoms with E-state index in [-0.39, 0.29) is 24.5 Å². The second-order valence-corrected chi connectivity index (χ2v) is 6.82. The number of piperazine rings is 1. The van der Waals surface area contributed by atoms with Crippen LogP contribution >= 0.6 is 0 Å². The molecule has 146 valence electrons. The molecule has 3 rings (SSSR count). The van der Waals surface area contributed by atoms with Crippen molar-refractivity contribution in [3.8, 4) is 0 Å². The fourth-order valence-corrected chi connectivity index (χ4v) is 3.63. The van der Waals surface area contributed by atoms with Crippen molar-refractivity contribution in [3.05, 3.63) is 35.4 Å². The van der Waals surface area contributed by atoms with Crippen LogP contribution in [0.15, 0.2) is 24.3 Å². The van der Waals surface area contributed by atoms with Crippen molar-refractivity contribution in [1.29, 1.82) is 0 Å². The van der Waals surface area contributed by atoms with E-state index in [1.807, 2.05) is 31.2 Å². The van der Waals surface area contributed by atoms with Gasteiger partial charge in [-0.2, -0.15) is 0 Å². The number of carbonyl (C=O) groups excluding carboxylic acids is 3. The lowest BCUT2D eigenvalue weighted by molar-refractivity contribution is -0.168. The minimum absolute atomic E-state index is 0.114. The van der Waals surface area contributed by atoms with Gasteiger partial charge in [-0.25, -0.2) is 4.79 Å². The molecule has 2 atom stereocenters. The number of methoxy groups -OCH3 is 1. The first-order valence-corrected chi connectivity index (χ1v) is 8.98. The van der Waals surface area contributed by atoms with Crippen molar-refractivity contribution in [3.63, 3.8) is 0 Å². The minimum atomic E-state index is -0.765. The highest BCUT2D eigenvalue weighted by molar-refractivity contribution is 5.86. The SMILES string of the molecule is COC(=O)N1CCN(C(=O)[C@H]2OCC(=O)N(C)[C@@H]2c2ccccc2C)CC1. The van der Waals surface area contributed by atoms with Crippen LogP contribution in [-0.4, -0.2) is 85.7 Å². The summed E-state index contributed by atoms with van der Waals surface area (Å²) in [6, 6.07) is 7.23. The summed E-state index contributed by atoms with van der Waals surface area (Å²) in [5, 5.41) is 0. The largest absolute Gasteiger partial charge is 0.453 e. The smallest absolute Gasteiger partial charge is 0.409 e. The normalized spacial score (nSPS) is 23.4. The Bertz CT molecular complexity index is 730. The third kappa shape index (κ3) is 3.75. The molecule has 0 saturated carbocycles. The fourth-order valence-electron chi connectivity index (χ4n) is 3.63. The number of likely N-dealkylation sites (N-methyl/N-ethyl adjacent to an activating group) is 1. The minimum Gasteiger partial charge on any atom is -0.453 e. The van der Waals surface area contributed by atoms with Crippen molar-refractivity contribution < 1.29 is 23.9 Å². The lowest BCUT2D eigenvalue weighted by Crippen LogP contribution is -2.58. The molecule has 0 N–H and O–H groups in total. The van der Waals surface area contributed by atoms with Crippen molar-refractivity contribution in [2.75, 3.05) is 46.9 Å². The van der Waals surface area contributed by atoms with Crippen LogP contribution < -0.4 is 0 Å². The van der Waals surface area contributed by atoms with E-state index < -0.39 is 12.1 Å². The number of morpholine rings is 1. The highest BCUT2D eigenvalue weighted by Crippen LogP contribution is 2.32. The third-order valence-corrected chi connectivity index (χ3v) is 5.26. The predicted octanol–water partition coefficient (Wildman–Crippen LogP) is 0.804. The molecule has 2 heterocycles. The van der Waals surface area contributed by atoms with E-state index in [9.17, 15) is 14.4 Å². The summed E-state index contributed by atoms with van der Waals surface area (Å²) in [5.74, 6) is -0.310. The van der Waals surface area contributed by atoms with Gasteiger partial charge in [0.1, 0.15) is 6.61 Å². The van der Waals surface area contributed by atoms with Gasteiger partial charge in [-0.15, -0.1) is 0 Å². The summed E-state index contributed by atoms with van der Waals surface area (Å²) in [5.41, 5.74) is 1.90. The molecule has 2 aliphatic rings. The van der Waals surface area contributed by atoms with Crippen LogP contribution in [0.3, 0.4) is 0 Å². The average molecular weight is 375 g/mol. The van der Waals surface area contributed by atoms with Crippen LogP contribution in [0, 0.1) is 6.92 Å². The van der Waals surface area contributed by atoms with Gasteiger partial charge in [0.2, 0.25) is 5.91 Å². The predicted molar refractivity (Wildman–Crippen MR) is 97.0 cm³/mol. The zero-order chi connectivity index (χ0) is 19.6. The molecule has 2 saturated heterocycles. The number of carbonyl (C=O) groups is 3. The average Bonchev–Trinajstić information content (AvgIpc) is 2.69. The molecule has 0 radical (unpaired) electrons. The molecule has 8 nitrogen and oxygen atoms in total. The van der Waals surface area contributed by atoms with Gasteiger partial charge in [0.05, 0.1) is 13.2 Å². The van der Waals surface area contributed by atoms with Gasteiger partial charge in [-0.3, -0.25) is 9.59 Å². The molecule has 1 aromatic rings. The summed E-state index contributed by atoms with van der Waals surface area (Å²) < 4.78 is 10.4. The molecule has 1 aromatic carbocycles. The van der Waals surface area contributed by atoms with Gasteiger partial charge >= 0.3 is 6.09 Å². The van der Waals surface area contributed by atoms with Crippen LogP contribution in [0.25, 0.3) is 0 Å². The zero-order valence-corrected chi connectivity index (χ0v) is 15.9. The molecule has 3 amide bonds. The van der Waals surface area contributed by atoms with Gasteiger partial charge in [-0.1, -0.05) is 24.3 Å². The van der Waals surface area contributed by atoms with Crippen LogP contribution in [-0.2, 0) is 19.1 Å². The Balaban J connectivity index is 1.79. The zero-order valence-electron chi connectivity index (χ0n) is 15.9. The topological polar surface area (TPSA) is 79.4 Å². The Labute approximate surface area is 158 Å². The monoisotopic (exact) mass is 375 g/mol. The number of hydrogen-bond acceptors (Lipinski definition) is 5. The lowest BCUT2D eigenvalue weighted by Gasteiger charge is -2.42. The highest BCUT2D eigenvalue weighted by atomic mass is 16.5. The van der Waals surface area contributed by atoms with Gasteiger partial charge in [0.15, 0.2) is 6.10 Å². The van der Waals surface area contributed by atoms with E-state index in [1.54, 1.807) is 21.7 Å². The van der Waals surface area contributed by atoms with E-state index in [0.717, 1.165) is 11.1 Å². The molecule has 0 bridgehead atoms. The van der Waals surface area contributed by atoms with E-state index in [4.69, 9.17) is 9.47 Å². The van der Waals surface area contributed by atoms with Crippen molar-refractivity contribution in [2.24, 2.45) is 0 Å². The second kappa shape index (κ2) is 7.96. The summed E-state index contributed by atoms with van der Waals surface area (Å²) in [7, 11) is 3.05. The molecule has 8 heteroatoms. The Hall–Kier alpha value is -2.61. The van der Waals surface area contributed by atoms with Crippen molar-refractivity contribution in [2.45, 2.75) is 19.1 Å². The first-order valence-electron chi connectivity index (χ1n) is 8.98. The quantitative estimate of drug-likeness (QED) is 0.764. The van der Waals surface area contributed by atoms with Gasteiger partial charge in [0, 0.05) is 33.2 Å². The molecule has 0 aliphatic carbocycles. The summed E-state index contributed by atoms with van der Waals surface area (Å²) in [4.78, 5) is 41.9. The molecule has 0 unspecified atom stereocenters. The molecular weight excluding hydrogens is 350 g/mol. The summed E-state index contributed by atoms with van der Waals surface area (Å²) >= 11 is 0. The third-order valence-electron chi connectivity index (χ3n) is 5.26. The Morgan fingerprint density at radius 2 is 1.74 bits per heavy atom. The standard InChI is InChI=1S/C19H25N3O5/c1-13-6-4-5-7-14(13)16-17(27-12-15(23)20(16)2)18(24)21-8-10-22(11-9-21)19(25)26-3/h4-7,16-17H,8-12H2,1-3H3/t16-,17+/m1/s1. The van der Waals surface area contributed by atoms with Crippen LogP contribution in [0.4, 0.5) is 4.79 Å². The van der Waals surface area contributed by atoms with E-state index >= 15 is 0 Å². The first-order chi connectivity index (χ1) is 12.9. The van der Waals surface area contributed by atoms with E-state index in [0.29, 0.717) is 26.2 Å². The summed E-state index contributed by atoms with van der Waals surface area (Å²) in [6.07, 6.45) is -1.15. The van der Waals surface area contributed by atoms with Crippen molar-refractivity contribution in [1.82, 2.24) is 14.7 Å². The van der Waals surface area contributed by atoms with Crippen molar-refractivity contribution >= 4 is 17.9 Å². The number of nitrogens with zero attached hydrogens (tertiary/aromatic N) is 3. The van der Waals surface area contributed by atoms with Gasteiger partial charge in [0.25, 0.3) is 5.91 Å². The maximum atomic E-state index is 13.2. The number of hydrogen-bond donors (Lipinski definition) is 0. The van der Waals surface area contributed by atoms with E-state index in [1.165, 1.54) is 7.11 Å². The molecule has 0 aromatic heterocycles. The molecule has 27 heavy (non-hydrogen) atoms. The molecule has 2 fully saturated rings. The maximum absolute atomic E-state index is 13.2. The molecule has 0 spiro atoms. The first kappa shape index (κ1) is 19.2. The van der Waals surface area contributed by atoms with E-state index in [2.05, 4.69) is 0 Å². The fraction of sp³-hybridized carbons (Fsp3) is 0.526. The Morgan fingerprint density at radius 3 is 2.37 bits per heavy atom. The Morgan fingerprint density at radius 1 is 1.11 bits per heavy atom. The van der Waals surface area contributed by atoms with Crippen LogP contribution in [0.2, 0.25) is 0 Å². The lowest BCUT2D eigenvalue weighted by atomic mass is 9.93. The maximum Gasteiger partial charge on any atom is 0.409 e. The highest BCUT2D eigenvalue weighted by Gasteiger charge is 2.42. The summed E-state index contributed by atoms with van der Waals surface area (Å²) in [6.45, 7) is 3.48. The number of benzene rings is 1. The van der Waals surface area contributed by atoms with Gasteiger partial charge < -0.3 is 24.2 Å². The second-order valence-electron chi connectivity index (χ2n) is 6.82. The number of aryl methyl sites for hydroxylation is 1. The Kier molecular flexibility index (Phi) is 5.65. The number of rotatable bonds is 2. The van der Waals surface area contributed by atoms with Crippen LogP contribution in [0.1, 0.15) is 17.2 Å². The van der Waals surface area contributed by atoms with Gasteiger partial charge in [-0.05, 0) is 18.1 Å². The molecular formula is C19H25N3O5. The number of ether oxygens (including phenoxy) is 2.